The summed E-state index contributed by atoms with van der Waals surface area (Å²) in [5.74, 6) is -70.0. The molecule has 6 aromatic rings. The minimum Gasteiger partial charge on any atom is -0.289 e. The van der Waals surface area contributed by atoms with Crippen molar-refractivity contribution in [3.05, 3.63) is 182 Å². The molecule has 0 radical (unpaired) electrons. The minimum atomic E-state index is -7.22. The van der Waals surface area contributed by atoms with Gasteiger partial charge in [-0.25, -0.2) is 87.8 Å². The van der Waals surface area contributed by atoms with Crippen molar-refractivity contribution in [2.75, 3.05) is 12.0 Å². The fourth-order valence-electron chi connectivity index (χ4n) is 6.95. The zero-order valence-corrected chi connectivity index (χ0v) is 33.3. The summed E-state index contributed by atoms with van der Waals surface area (Å²) < 4.78 is 294. The van der Waals surface area contributed by atoms with Crippen molar-refractivity contribution in [3.63, 3.8) is 0 Å². The van der Waals surface area contributed by atoms with Gasteiger partial charge in [0.05, 0.1) is 0 Å². The molecule has 6 rings (SSSR count). The molecule has 0 aliphatic rings. The number of halogens is 20. The maximum Gasteiger partial charge on any atom is 0.212 e. The molecule has 1 nitrogen and oxygen atoms in total. The van der Waals surface area contributed by atoms with E-state index in [1.165, 1.54) is 10.5 Å². The maximum atomic E-state index is 15.4. The summed E-state index contributed by atoms with van der Waals surface area (Å²) in [4.78, 5) is 13.5. The SMILES string of the molecule is CC(C)c1ccc([S+](C)CC(=O)c2ccccc2)cc1.Fc1c(F)c(F)c([B-](c2c(F)c(F)c(F)c(F)c2F)(c2c(F)c(F)c(F)c(F)c2F)c2c(F)c(F)c(F)c(F)c2F)c(F)c1F. The summed E-state index contributed by atoms with van der Waals surface area (Å²) in [6.45, 7) is 4.39. The highest BCUT2D eigenvalue weighted by molar-refractivity contribution is 7.96. The third kappa shape index (κ3) is 8.31. The number of Topliss-reactive ketones (excluding diaryl/α,β-unsaturated/α-hetero) is 1. The minimum absolute atomic E-state index is 0.0350. The topological polar surface area (TPSA) is 17.1 Å². The molecule has 0 aliphatic carbocycles. The number of rotatable bonds is 9. The standard InChI is InChI=1S/C24BF20.C18H21OS/c26-5-1(6(27)14(35)21(42)13(5)34)25(2-7(28)15(36)22(43)16(37)8(2)29,3-9(30)17(38)23(44)18(39)10(3)31)4-11(32)19(40)24(45)20(41)12(4)33;1-14(2)15-9-11-17(12-10-15)20(3)13-18(19)16-7-5-4-6-8-16/h;4-12,14H,13H2,1-3H3/q-1;+1. The Bertz CT molecular complexity index is 2470. The summed E-state index contributed by atoms with van der Waals surface area (Å²) in [7, 11) is -0.0350. The van der Waals surface area contributed by atoms with E-state index in [2.05, 4.69) is 44.4 Å². The molecule has 0 spiro atoms. The molecule has 0 aromatic heterocycles. The smallest absolute Gasteiger partial charge is 0.212 e. The Morgan fingerprint density at radius 2 is 0.646 bits per heavy atom. The van der Waals surface area contributed by atoms with Crippen molar-refractivity contribution in [1.29, 1.82) is 0 Å². The molecule has 0 saturated carbocycles. The Kier molecular flexibility index (Phi) is 14.5. The average molecular weight is 964 g/mol. The number of hydrogen-bond acceptors (Lipinski definition) is 1. The van der Waals surface area contributed by atoms with E-state index < -0.39 is 144 Å². The van der Waals surface area contributed by atoms with E-state index in [1.807, 2.05) is 30.3 Å². The molecule has 0 aliphatic heterocycles. The van der Waals surface area contributed by atoms with Crippen LogP contribution in [-0.2, 0) is 10.9 Å². The molecule has 0 amide bonds. The van der Waals surface area contributed by atoms with Gasteiger partial charge in [0.15, 0.2) is 80.5 Å². The van der Waals surface area contributed by atoms with Crippen molar-refractivity contribution in [2.24, 2.45) is 0 Å². The number of benzene rings is 6. The number of ketones is 1. The molecule has 0 fully saturated rings. The van der Waals surface area contributed by atoms with Crippen molar-refractivity contribution in [1.82, 2.24) is 0 Å². The zero-order chi connectivity index (χ0) is 48.9. The van der Waals surface area contributed by atoms with Crippen LogP contribution in [0, 0.1) is 116 Å². The molecule has 0 saturated heterocycles. The highest BCUT2D eigenvalue weighted by atomic mass is 32.2. The van der Waals surface area contributed by atoms with Crippen LogP contribution >= 0.6 is 0 Å². The van der Waals surface area contributed by atoms with Crippen molar-refractivity contribution < 1.29 is 92.6 Å². The first-order valence-electron chi connectivity index (χ1n) is 17.8. The van der Waals surface area contributed by atoms with Crippen LogP contribution in [0.4, 0.5) is 87.8 Å². The van der Waals surface area contributed by atoms with Gasteiger partial charge in [0.25, 0.3) is 0 Å². The molecular formula is C42H21BF20OS. The fourth-order valence-corrected chi connectivity index (χ4v) is 8.27. The predicted molar refractivity (Wildman–Crippen MR) is 197 cm³/mol. The number of carbonyl (C=O) groups is 1. The Labute approximate surface area is 355 Å². The van der Waals surface area contributed by atoms with Crippen molar-refractivity contribution in [2.45, 2.75) is 24.7 Å². The van der Waals surface area contributed by atoms with E-state index in [-0.39, 0.29) is 16.7 Å². The zero-order valence-electron chi connectivity index (χ0n) is 32.4. The monoisotopic (exact) mass is 964 g/mol. The maximum absolute atomic E-state index is 15.4. The Morgan fingerprint density at radius 3 is 0.892 bits per heavy atom. The van der Waals surface area contributed by atoms with Gasteiger partial charge in [0.1, 0.15) is 58.9 Å². The fraction of sp³-hybridized carbons (Fsp3) is 0.119. The van der Waals surface area contributed by atoms with Crippen LogP contribution in [0.15, 0.2) is 59.5 Å². The number of carbonyl (C=O) groups excluding carboxylic acids is 1. The third-order valence-electron chi connectivity index (χ3n) is 10.1. The van der Waals surface area contributed by atoms with Crippen LogP contribution in [0.1, 0.15) is 35.7 Å². The van der Waals surface area contributed by atoms with Gasteiger partial charge < -0.3 is 0 Å². The highest BCUT2D eigenvalue weighted by Crippen LogP contribution is 2.31. The Morgan fingerprint density at radius 1 is 0.400 bits per heavy atom. The first kappa shape index (κ1) is 50.0. The Balaban J connectivity index is 0.000000330. The van der Waals surface area contributed by atoms with E-state index in [1.54, 1.807) is 0 Å². The quantitative estimate of drug-likeness (QED) is 0.0353. The summed E-state index contributed by atoms with van der Waals surface area (Å²) in [6.07, 6.45) is -5.07. The van der Waals surface area contributed by atoms with Gasteiger partial charge in [0.2, 0.25) is 5.78 Å². The van der Waals surface area contributed by atoms with Crippen LogP contribution in [0.2, 0.25) is 0 Å². The molecule has 23 heteroatoms. The molecule has 1 atom stereocenters. The van der Waals surface area contributed by atoms with Crippen LogP contribution in [0.3, 0.4) is 0 Å². The molecule has 6 aromatic carbocycles. The van der Waals surface area contributed by atoms with Gasteiger partial charge in [0, 0.05) is 16.5 Å². The van der Waals surface area contributed by atoms with Crippen LogP contribution < -0.4 is 21.9 Å². The lowest BCUT2D eigenvalue weighted by atomic mass is 9.12. The summed E-state index contributed by atoms with van der Waals surface area (Å²) in [5, 5.41) is 0. The Hall–Kier alpha value is -6.00. The van der Waals surface area contributed by atoms with Gasteiger partial charge in [-0.05, 0) is 23.6 Å². The predicted octanol–water partition coefficient (Wildman–Crippen LogP) is 10.1. The van der Waals surface area contributed by atoms with Gasteiger partial charge in [-0.15, -0.1) is 21.9 Å². The molecule has 65 heavy (non-hydrogen) atoms. The van der Waals surface area contributed by atoms with E-state index >= 15 is 35.1 Å². The van der Waals surface area contributed by atoms with E-state index in [0.717, 1.165) is 5.56 Å². The first-order chi connectivity index (χ1) is 30.3. The molecule has 0 heterocycles. The second-order valence-corrected chi connectivity index (χ2v) is 16.1. The van der Waals surface area contributed by atoms with E-state index in [0.29, 0.717) is 11.7 Å². The number of hydrogen-bond donors (Lipinski definition) is 0. The molecular weight excluding hydrogens is 943 g/mol. The van der Waals surface area contributed by atoms with E-state index in [4.69, 9.17) is 0 Å². The van der Waals surface area contributed by atoms with Gasteiger partial charge >= 0.3 is 0 Å². The molecule has 344 valence electrons. The van der Waals surface area contributed by atoms with Crippen molar-refractivity contribution >= 4 is 44.7 Å². The second kappa shape index (κ2) is 18.8. The van der Waals surface area contributed by atoms with Gasteiger partial charge in [-0.2, -0.15) is 0 Å². The van der Waals surface area contributed by atoms with E-state index in [9.17, 15) is 57.5 Å². The molecule has 0 N–H and O–H groups in total. The highest BCUT2D eigenvalue weighted by Gasteiger charge is 2.52. The summed E-state index contributed by atoms with van der Waals surface area (Å²) >= 11 is 0. The second-order valence-electron chi connectivity index (χ2n) is 14.1. The summed E-state index contributed by atoms with van der Waals surface area (Å²) in [6, 6.07) is 18.2. The third-order valence-corrected chi connectivity index (χ3v) is 11.9. The van der Waals surface area contributed by atoms with Gasteiger partial charge in [-0.3, -0.25) is 4.79 Å². The average Bonchev–Trinajstić information content (AvgIpc) is 3.29. The lowest BCUT2D eigenvalue weighted by Crippen LogP contribution is -2.81. The molecule has 1 unspecified atom stereocenters. The summed E-state index contributed by atoms with van der Waals surface area (Å²) in [5.41, 5.74) is -12.2. The van der Waals surface area contributed by atoms with Crippen molar-refractivity contribution in [3.8, 4) is 0 Å². The van der Waals surface area contributed by atoms with Crippen LogP contribution in [0.5, 0.6) is 0 Å². The largest absolute Gasteiger partial charge is 0.289 e. The van der Waals surface area contributed by atoms with Crippen LogP contribution in [-0.4, -0.2) is 23.9 Å². The normalized spacial score (nSPS) is 12.1. The first-order valence-corrected chi connectivity index (χ1v) is 19.6. The van der Waals surface area contributed by atoms with Gasteiger partial charge in [-0.1, -0.05) is 56.3 Å². The van der Waals surface area contributed by atoms with Crippen LogP contribution in [0.25, 0.3) is 0 Å². The lowest BCUT2D eigenvalue weighted by molar-refractivity contribution is 0.102. The lowest BCUT2D eigenvalue weighted by Gasteiger charge is -2.44. The molecule has 0 bridgehead atoms.